The van der Waals surface area contributed by atoms with E-state index in [0.717, 1.165) is 25.7 Å². The highest BCUT2D eigenvalue weighted by Gasteiger charge is 2.54. The average Bonchev–Trinajstić information content (AvgIpc) is 3.39. The summed E-state index contributed by atoms with van der Waals surface area (Å²) in [4.78, 5) is 27.7. The number of aromatic nitrogens is 2. The van der Waals surface area contributed by atoms with Gasteiger partial charge in [0.05, 0.1) is 18.8 Å². The molecule has 1 saturated carbocycles. The molecule has 1 aromatic rings. The first-order valence-electron chi connectivity index (χ1n) is 19.3. The van der Waals surface area contributed by atoms with E-state index in [1.54, 1.807) is 20.2 Å². The van der Waals surface area contributed by atoms with Gasteiger partial charge in [-0.3, -0.25) is 14.3 Å². The van der Waals surface area contributed by atoms with Crippen LogP contribution in [0, 0.1) is 6.92 Å². The topological polar surface area (TPSA) is 123 Å². The quantitative estimate of drug-likeness (QED) is 0.129. The fraction of sp³-hybridized carbons (Fsp3) is 0.886. The molecule has 0 bridgehead atoms. The molecular formula is C35H70N3O9PSi3. The van der Waals surface area contributed by atoms with Gasteiger partial charge in [0.15, 0.2) is 16.6 Å². The van der Waals surface area contributed by atoms with E-state index in [9.17, 15) is 9.59 Å². The van der Waals surface area contributed by atoms with Crippen molar-refractivity contribution in [1.82, 2.24) is 14.2 Å². The van der Waals surface area contributed by atoms with Gasteiger partial charge in [0.1, 0.15) is 12.3 Å². The molecule has 16 heteroatoms. The SMILES string of the molecule is COP(O[C@H]1C[C@H](n2cc(C)c(=O)[nH]c2=O)O[C@@H]1CO[Si](OC1CCCCCCCCCCC1)(O[Si](C)(C)C)O[Si](C)(C)C)N(C(C)C)C(C)C. The molecule has 1 aromatic heterocycles. The molecule has 51 heavy (non-hydrogen) atoms. The van der Waals surface area contributed by atoms with Crippen molar-refractivity contribution < 1.29 is 30.9 Å². The van der Waals surface area contributed by atoms with Crippen LogP contribution in [-0.2, 0) is 30.9 Å². The molecule has 3 rings (SSSR count). The molecular weight excluding hydrogens is 722 g/mol. The molecule has 0 spiro atoms. The largest absolute Gasteiger partial charge is 0.658 e. The number of hydrogen-bond donors (Lipinski definition) is 1. The van der Waals surface area contributed by atoms with Crippen molar-refractivity contribution in [1.29, 1.82) is 0 Å². The van der Waals surface area contributed by atoms with E-state index in [0.29, 0.717) is 12.0 Å². The van der Waals surface area contributed by atoms with Crippen LogP contribution in [0.25, 0.3) is 0 Å². The molecule has 1 saturated heterocycles. The first-order chi connectivity index (χ1) is 23.8. The second-order valence-corrected chi connectivity index (χ2v) is 29.8. The lowest BCUT2D eigenvalue weighted by atomic mass is 10.00. The molecule has 1 aliphatic carbocycles. The Morgan fingerprint density at radius 2 is 1.39 bits per heavy atom. The highest BCUT2D eigenvalue weighted by molar-refractivity contribution is 7.44. The van der Waals surface area contributed by atoms with E-state index < -0.39 is 63.9 Å². The summed E-state index contributed by atoms with van der Waals surface area (Å²) in [7, 11) is -8.05. The summed E-state index contributed by atoms with van der Waals surface area (Å²) < 4.78 is 51.0. The van der Waals surface area contributed by atoms with Crippen molar-refractivity contribution in [3.8, 4) is 0 Å². The summed E-state index contributed by atoms with van der Waals surface area (Å²) >= 11 is 0. The third kappa shape index (κ3) is 14.9. The van der Waals surface area contributed by atoms with Gasteiger partial charge >= 0.3 is 14.7 Å². The van der Waals surface area contributed by atoms with Crippen LogP contribution in [-0.4, -0.2) is 84.0 Å². The van der Waals surface area contributed by atoms with Crippen LogP contribution in [0.3, 0.4) is 0 Å². The molecule has 0 aromatic carbocycles. The second kappa shape index (κ2) is 20.4. The summed E-state index contributed by atoms with van der Waals surface area (Å²) in [5.74, 6) is 0. The van der Waals surface area contributed by atoms with E-state index >= 15 is 0 Å². The van der Waals surface area contributed by atoms with Gasteiger partial charge in [-0.25, -0.2) is 9.46 Å². The predicted molar refractivity (Wildman–Crippen MR) is 212 cm³/mol. The molecule has 2 aliphatic rings. The molecule has 1 N–H and O–H groups in total. The Morgan fingerprint density at radius 1 is 0.882 bits per heavy atom. The van der Waals surface area contributed by atoms with Gasteiger partial charge in [-0.1, -0.05) is 57.8 Å². The number of nitrogens with one attached hydrogen (secondary N) is 1. The number of aryl methyl sites for hydroxylation is 1. The Hall–Kier alpha value is -0.559. The second-order valence-electron chi connectivity index (χ2n) is 16.7. The molecule has 1 unspecified atom stereocenters. The number of nitrogens with zero attached hydrogens (tertiary/aromatic N) is 2. The van der Waals surface area contributed by atoms with Crippen LogP contribution in [0.1, 0.15) is 117 Å². The Bertz CT molecular complexity index is 1270. The number of H-pyrrole nitrogens is 1. The lowest BCUT2D eigenvalue weighted by Crippen LogP contribution is -2.61. The van der Waals surface area contributed by atoms with Crippen LogP contribution >= 0.6 is 8.53 Å². The van der Waals surface area contributed by atoms with E-state index in [-0.39, 0.29) is 24.8 Å². The summed E-state index contributed by atoms with van der Waals surface area (Å²) in [6, 6.07) is 0.339. The standard InChI is InChI=1S/C35H70N3O9PSi3/c1-27(2)38(28(3)4)48(41-6)44-31-24-33(37-25-29(5)34(39)36-35(37)40)43-32(31)26-42-51(46-49(7,8)9,47-50(10,11)12)45-30-22-20-18-16-14-13-15-17-19-21-23-30/h25,27-28,30-33H,13-24,26H2,1-12H3,(H,36,39,40)/t31-,32+,33+,48?/m0/s1. The Morgan fingerprint density at radius 3 is 1.86 bits per heavy atom. The maximum atomic E-state index is 13.0. The van der Waals surface area contributed by atoms with Crippen molar-refractivity contribution >= 4 is 34.2 Å². The number of hydrogen-bond acceptors (Lipinski definition) is 10. The Labute approximate surface area is 312 Å². The van der Waals surface area contributed by atoms with Crippen molar-refractivity contribution in [2.45, 2.75) is 188 Å². The number of ether oxygens (including phenoxy) is 1. The summed E-state index contributed by atoms with van der Waals surface area (Å²) in [5.41, 5.74) is -0.528. The highest BCUT2D eigenvalue weighted by atomic mass is 31.2. The van der Waals surface area contributed by atoms with Gasteiger partial charge in [-0.15, -0.1) is 0 Å². The van der Waals surface area contributed by atoms with Gasteiger partial charge in [-0.2, -0.15) is 0 Å². The van der Waals surface area contributed by atoms with Crippen molar-refractivity contribution in [2.24, 2.45) is 0 Å². The van der Waals surface area contributed by atoms with Crippen LogP contribution in [0.4, 0.5) is 0 Å². The molecule has 2 heterocycles. The minimum absolute atomic E-state index is 0.0252. The van der Waals surface area contributed by atoms with Gasteiger partial charge in [0.2, 0.25) is 0 Å². The minimum atomic E-state index is -3.74. The van der Waals surface area contributed by atoms with E-state index in [4.69, 9.17) is 30.9 Å². The van der Waals surface area contributed by atoms with Crippen molar-refractivity contribution in [3.63, 3.8) is 0 Å². The minimum Gasteiger partial charge on any atom is -0.395 e. The maximum absolute atomic E-state index is 13.0. The average molecular weight is 792 g/mol. The van der Waals surface area contributed by atoms with Crippen molar-refractivity contribution in [3.05, 3.63) is 32.6 Å². The zero-order valence-corrected chi connectivity index (χ0v) is 37.6. The van der Waals surface area contributed by atoms with Gasteiger partial charge in [0, 0.05) is 37.4 Å². The fourth-order valence-electron chi connectivity index (χ4n) is 6.76. The van der Waals surface area contributed by atoms with Crippen molar-refractivity contribution in [2.75, 3.05) is 13.7 Å². The van der Waals surface area contributed by atoms with Crippen LogP contribution in [0.5, 0.6) is 0 Å². The van der Waals surface area contributed by atoms with Crippen LogP contribution < -0.4 is 11.2 Å². The third-order valence-electron chi connectivity index (χ3n) is 8.92. The predicted octanol–water partition coefficient (Wildman–Crippen LogP) is 8.35. The van der Waals surface area contributed by atoms with Crippen LogP contribution in [0.15, 0.2) is 15.8 Å². The molecule has 2 fully saturated rings. The molecule has 0 radical (unpaired) electrons. The molecule has 296 valence electrons. The maximum Gasteiger partial charge on any atom is 0.658 e. The first kappa shape index (κ1) is 44.8. The molecule has 12 nitrogen and oxygen atoms in total. The first-order valence-corrected chi connectivity index (χ1v) is 28.9. The monoisotopic (exact) mass is 791 g/mol. The summed E-state index contributed by atoms with van der Waals surface area (Å²) in [6.07, 6.45) is 13.1. The smallest absolute Gasteiger partial charge is 0.395 e. The summed E-state index contributed by atoms with van der Waals surface area (Å²) in [6.45, 7) is 23.1. The van der Waals surface area contributed by atoms with E-state index in [1.807, 2.05) is 0 Å². The van der Waals surface area contributed by atoms with Gasteiger partial charge < -0.3 is 30.9 Å². The fourth-order valence-corrected chi connectivity index (χ4v) is 16.8. The normalized spacial score (nSPS) is 23.2. The van der Waals surface area contributed by atoms with E-state index in [2.05, 4.69) is 76.6 Å². The Balaban J connectivity index is 1.99. The third-order valence-corrected chi connectivity index (χ3v) is 19.0. The lowest BCUT2D eigenvalue weighted by Gasteiger charge is -2.40. The van der Waals surface area contributed by atoms with Crippen LogP contribution in [0.2, 0.25) is 39.3 Å². The number of aromatic amines is 1. The van der Waals surface area contributed by atoms with Gasteiger partial charge in [0.25, 0.3) is 14.1 Å². The zero-order chi connectivity index (χ0) is 38.0. The molecule has 1 aliphatic heterocycles. The molecule has 0 amide bonds. The molecule has 4 atom stereocenters. The lowest BCUT2D eigenvalue weighted by molar-refractivity contribution is -0.0698. The van der Waals surface area contributed by atoms with Gasteiger partial charge in [-0.05, 0) is 86.7 Å². The Kier molecular flexibility index (Phi) is 17.9. The number of rotatable bonds is 16. The zero-order valence-electron chi connectivity index (χ0n) is 33.7. The van der Waals surface area contributed by atoms with E-state index in [1.165, 1.54) is 49.5 Å². The summed E-state index contributed by atoms with van der Waals surface area (Å²) in [5, 5.41) is 0. The highest BCUT2D eigenvalue weighted by Crippen LogP contribution is 2.49.